The largest absolute Gasteiger partial charge is 0.338 e. The van der Waals surface area contributed by atoms with E-state index in [4.69, 9.17) is 11.6 Å². The molecule has 1 fully saturated rings. The van der Waals surface area contributed by atoms with Crippen LogP contribution in [0.25, 0.3) is 5.70 Å². The number of piperazine rings is 1. The number of carbonyl (C=O) groups excluding carboxylic acids is 3. The Morgan fingerprint density at radius 1 is 1.00 bits per heavy atom. The predicted molar refractivity (Wildman–Crippen MR) is 110 cm³/mol. The molecule has 2 aromatic carbocycles. The van der Waals surface area contributed by atoms with Crippen molar-refractivity contribution >= 4 is 35.0 Å². The maximum Gasteiger partial charge on any atom is 0.259 e. The first-order valence-electron chi connectivity index (χ1n) is 9.49. The van der Waals surface area contributed by atoms with Gasteiger partial charge in [0.05, 0.1) is 5.56 Å². The molecule has 1 saturated heterocycles. The normalized spacial score (nSPS) is 16.1. The van der Waals surface area contributed by atoms with Crippen LogP contribution in [0.3, 0.4) is 0 Å². The molecule has 2 aliphatic rings. The Bertz CT molecular complexity index is 1030. The van der Waals surface area contributed by atoms with Crippen molar-refractivity contribution in [3.63, 3.8) is 0 Å². The van der Waals surface area contributed by atoms with Crippen LogP contribution in [0.2, 0.25) is 5.02 Å². The summed E-state index contributed by atoms with van der Waals surface area (Å²) in [6.07, 6.45) is 0. The Morgan fingerprint density at radius 2 is 1.63 bits per heavy atom. The van der Waals surface area contributed by atoms with E-state index in [-0.39, 0.29) is 42.0 Å². The van der Waals surface area contributed by atoms with Crippen LogP contribution in [0, 0.1) is 5.82 Å². The maximum absolute atomic E-state index is 14.0. The first kappa shape index (κ1) is 20.1. The third-order valence-corrected chi connectivity index (χ3v) is 5.65. The Balaban J connectivity index is 1.37. The highest BCUT2D eigenvalue weighted by molar-refractivity contribution is 6.31. The molecule has 3 amide bonds. The van der Waals surface area contributed by atoms with Crippen LogP contribution in [0.4, 0.5) is 4.39 Å². The molecule has 0 N–H and O–H groups in total. The van der Waals surface area contributed by atoms with Gasteiger partial charge in [-0.15, -0.1) is 0 Å². The Hall–Kier alpha value is -3.19. The lowest BCUT2D eigenvalue weighted by atomic mass is 10.1. The van der Waals surface area contributed by atoms with E-state index in [0.717, 1.165) is 11.6 Å². The van der Waals surface area contributed by atoms with E-state index in [1.807, 2.05) is 6.07 Å². The molecule has 2 heterocycles. The van der Waals surface area contributed by atoms with E-state index in [0.29, 0.717) is 24.4 Å². The van der Waals surface area contributed by atoms with Crippen LogP contribution in [-0.4, -0.2) is 65.1 Å². The summed E-state index contributed by atoms with van der Waals surface area (Å²) in [5, 5.41) is 0.282. The highest BCUT2D eigenvalue weighted by Crippen LogP contribution is 2.31. The first-order valence-corrected chi connectivity index (χ1v) is 9.87. The molecule has 2 aliphatic heterocycles. The van der Waals surface area contributed by atoms with Gasteiger partial charge < -0.3 is 9.80 Å². The standard InChI is InChI=1S/C22H19ClFN3O3/c1-14-16-4-2-3-5-17(16)22(30)27(14)13-20(28)25-8-10-26(11-9-25)21(29)18-12-15(23)6-7-19(18)24/h2-7,12H,1,8-11,13H2. The summed E-state index contributed by atoms with van der Waals surface area (Å²) in [4.78, 5) is 42.4. The highest BCUT2D eigenvalue weighted by atomic mass is 35.5. The highest BCUT2D eigenvalue weighted by Gasteiger charge is 2.34. The molecule has 0 aliphatic carbocycles. The molecule has 6 nitrogen and oxygen atoms in total. The number of halogens is 2. The van der Waals surface area contributed by atoms with Gasteiger partial charge in [-0.1, -0.05) is 36.4 Å². The summed E-state index contributed by atoms with van der Waals surface area (Å²) >= 11 is 5.87. The molecule has 4 rings (SSSR count). The number of hydrogen-bond donors (Lipinski definition) is 0. The minimum Gasteiger partial charge on any atom is -0.338 e. The van der Waals surface area contributed by atoms with Crippen molar-refractivity contribution < 1.29 is 18.8 Å². The first-order chi connectivity index (χ1) is 14.4. The summed E-state index contributed by atoms with van der Waals surface area (Å²) in [6.45, 7) is 4.98. The van der Waals surface area contributed by atoms with Gasteiger partial charge in [0.2, 0.25) is 5.91 Å². The minimum absolute atomic E-state index is 0.0843. The molecule has 154 valence electrons. The molecular formula is C22H19ClFN3O3. The van der Waals surface area contributed by atoms with Crippen LogP contribution in [-0.2, 0) is 4.79 Å². The number of carbonyl (C=O) groups is 3. The van der Waals surface area contributed by atoms with Crippen molar-refractivity contribution in [2.45, 2.75) is 0 Å². The minimum atomic E-state index is -0.631. The molecule has 0 unspecified atom stereocenters. The second-order valence-corrected chi connectivity index (χ2v) is 7.62. The molecule has 0 atom stereocenters. The molecule has 0 saturated carbocycles. The van der Waals surface area contributed by atoms with Crippen molar-refractivity contribution in [3.05, 3.63) is 76.6 Å². The van der Waals surface area contributed by atoms with Gasteiger partial charge in [-0.25, -0.2) is 4.39 Å². The lowest BCUT2D eigenvalue weighted by Crippen LogP contribution is -2.52. The fourth-order valence-electron chi connectivity index (χ4n) is 3.73. The van der Waals surface area contributed by atoms with Gasteiger partial charge in [0, 0.05) is 48.0 Å². The van der Waals surface area contributed by atoms with Gasteiger partial charge in [0.1, 0.15) is 12.4 Å². The lowest BCUT2D eigenvalue weighted by Gasteiger charge is -2.35. The second kappa shape index (κ2) is 7.91. The van der Waals surface area contributed by atoms with Crippen molar-refractivity contribution in [2.24, 2.45) is 0 Å². The zero-order chi connectivity index (χ0) is 21.4. The smallest absolute Gasteiger partial charge is 0.259 e. The van der Waals surface area contributed by atoms with Gasteiger partial charge in [-0.3, -0.25) is 19.3 Å². The number of benzene rings is 2. The van der Waals surface area contributed by atoms with Crippen molar-refractivity contribution in [2.75, 3.05) is 32.7 Å². The fourth-order valence-corrected chi connectivity index (χ4v) is 3.90. The second-order valence-electron chi connectivity index (χ2n) is 7.18. The lowest BCUT2D eigenvalue weighted by molar-refractivity contribution is -0.132. The van der Waals surface area contributed by atoms with Gasteiger partial charge in [-0.05, 0) is 24.3 Å². The summed E-state index contributed by atoms with van der Waals surface area (Å²) in [5.41, 5.74) is 1.69. The van der Waals surface area contributed by atoms with Crippen LogP contribution >= 0.6 is 11.6 Å². The van der Waals surface area contributed by atoms with Crippen LogP contribution in [0.5, 0.6) is 0 Å². The fraction of sp³-hybridized carbons (Fsp3) is 0.227. The third-order valence-electron chi connectivity index (χ3n) is 5.41. The van der Waals surface area contributed by atoms with Crippen LogP contribution < -0.4 is 0 Å². The summed E-state index contributed by atoms with van der Waals surface area (Å²) in [6, 6.07) is 11.0. The van der Waals surface area contributed by atoms with Crippen LogP contribution in [0.15, 0.2) is 49.0 Å². The van der Waals surface area contributed by atoms with Gasteiger partial charge >= 0.3 is 0 Å². The number of amides is 3. The molecule has 8 heteroatoms. The van der Waals surface area contributed by atoms with Crippen molar-refractivity contribution in [3.8, 4) is 0 Å². The Kier molecular flexibility index (Phi) is 5.30. The van der Waals surface area contributed by atoms with E-state index in [1.54, 1.807) is 23.1 Å². The molecule has 30 heavy (non-hydrogen) atoms. The predicted octanol–water partition coefficient (Wildman–Crippen LogP) is 2.89. The molecule has 0 aromatic heterocycles. The zero-order valence-corrected chi connectivity index (χ0v) is 16.9. The van der Waals surface area contributed by atoms with E-state index < -0.39 is 11.7 Å². The van der Waals surface area contributed by atoms with Gasteiger partial charge in [0.25, 0.3) is 11.8 Å². The monoisotopic (exact) mass is 427 g/mol. The topological polar surface area (TPSA) is 60.9 Å². The van der Waals surface area contributed by atoms with E-state index in [2.05, 4.69) is 6.58 Å². The quantitative estimate of drug-likeness (QED) is 0.756. The number of rotatable bonds is 3. The summed E-state index contributed by atoms with van der Waals surface area (Å²) in [5.74, 6) is -1.55. The average Bonchev–Trinajstić information content (AvgIpc) is 3.00. The molecule has 0 bridgehead atoms. The van der Waals surface area contributed by atoms with Crippen molar-refractivity contribution in [1.29, 1.82) is 0 Å². The molecule has 2 aromatic rings. The summed E-state index contributed by atoms with van der Waals surface area (Å²) in [7, 11) is 0. The summed E-state index contributed by atoms with van der Waals surface area (Å²) < 4.78 is 14.0. The van der Waals surface area contributed by atoms with Gasteiger partial charge in [-0.2, -0.15) is 0 Å². The molecule has 0 spiro atoms. The number of hydrogen-bond acceptors (Lipinski definition) is 3. The van der Waals surface area contributed by atoms with Crippen LogP contribution in [0.1, 0.15) is 26.3 Å². The Labute approximate surface area is 178 Å². The van der Waals surface area contributed by atoms with Gasteiger partial charge in [0.15, 0.2) is 0 Å². The van der Waals surface area contributed by atoms with E-state index >= 15 is 0 Å². The van der Waals surface area contributed by atoms with E-state index in [1.165, 1.54) is 21.9 Å². The third kappa shape index (κ3) is 3.57. The zero-order valence-electron chi connectivity index (χ0n) is 16.1. The Morgan fingerprint density at radius 3 is 2.30 bits per heavy atom. The number of fused-ring (bicyclic) bond motifs is 1. The SMILES string of the molecule is C=C1c2ccccc2C(=O)N1CC(=O)N1CCN(C(=O)c2cc(Cl)ccc2F)CC1. The molecule has 0 radical (unpaired) electrons. The maximum atomic E-state index is 14.0. The van der Waals surface area contributed by atoms with E-state index in [9.17, 15) is 18.8 Å². The molecular weight excluding hydrogens is 409 g/mol. The van der Waals surface area contributed by atoms with Crippen molar-refractivity contribution in [1.82, 2.24) is 14.7 Å². The number of nitrogens with zero attached hydrogens (tertiary/aromatic N) is 3. The average molecular weight is 428 g/mol.